The molecule has 3 aromatic rings. The average Bonchev–Trinajstić information content (AvgIpc) is 2.78. The fourth-order valence-corrected chi connectivity index (χ4v) is 5.18. The highest BCUT2D eigenvalue weighted by Crippen LogP contribution is 2.36. The van der Waals surface area contributed by atoms with Crippen molar-refractivity contribution in [3.63, 3.8) is 0 Å². The Morgan fingerprint density at radius 3 is 1.42 bits per heavy atom. The fraction of sp³-hybridized carbons (Fsp3) is 0.357. The van der Waals surface area contributed by atoms with E-state index in [0.29, 0.717) is 0 Å². The van der Waals surface area contributed by atoms with Crippen molar-refractivity contribution in [2.75, 3.05) is 0 Å². The van der Waals surface area contributed by atoms with Gasteiger partial charge >= 0.3 is 0 Å². The lowest BCUT2D eigenvalue weighted by Gasteiger charge is -2.25. The van der Waals surface area contributed by atoms with Gasteiger partial charge < -0.3 is 9.47 Å². The van der Waals surface area contributed by atoms with Gasteiger partial charge in [0.1, 0.15) is 11.2 Å². The molecule has 0 spiro atoms. The first-order valence-electron chi connectivity index (χ1n) is 11.3. The number of ether oxygens (including phenoxy) is 2. The molecule has 0 fully saturated rings. The number of halogens is 2. The lowest BCUT2D eigenvalue weighted by atomic mass is 10.1. The van der Waals surface area contributed by atoms with Crippen molar-refractivity contribution >= 4 is 10.9 Å². The standard InChI is InChI=1S/C28H33F2O2S/c1-7-27(3,4)31-25-16-14-21(18-23(25)29)33(20-12-10-9-11-13-20)22-15-17-26(24(30)19-22)32-28(5,6)8-2/h9-19H,7-8H2,1-6H3/q+1. The first kappa shape index (κ1) is 25.1. The molecule has 0 radical (unpaired) electrons. The summed E-state index contributed by atoms with van der Waals surface area (Å²) in [6.45, 7) is 11.7. The molecule has 0 amide bonds. The maximum Gasteiger partial charge on any atom is 0.170 e. The molecule has 0 saturated carbocycles. The van der Waals surface area contributed by atoms with Gasteiger partial charge in [0.2, 0.25) is 0 Å². The van der Waals surface area contributed by atoms with Crippen LogP contribution in [-0.4, -0.2) is 11.2 Å². The molecular formula is C28H33F2O2S+. The Balaban J connectivity index is 2.02. The van der Waals surface area contributed by atoms with Crippen LogP contribution in [0.4, 0.5) is 8.78 Å². The zero-order chi connectivity index (χ0) is 24.2. The Morgan fingerprint density at radius 1 is 0.636 bits per heavy atom. The van der Waals surface area contributed by atoms with Crippen molar-refractivity contribution in [3.05, 3.63) is 78.4 Å². The lowest BCUT2D eigenvalue weighted by Crippen LogP contribution is -2.27. The molecule has 176 valence electrons. The van der Waals surface area contributed by atoms with Crippen LogP contribution >= 0.6 is 0 Å². The highest BCUT2D eigenvalue weighted by atomic mass is 32.2. The minimum atomic E-state index is -0.693. The van der Waals surface area contributed by atoms with Gasteiger partial charge in [0.25, 0.3) is 0 Å². The van der Waals surface area contributed by atoms with E-state index in [2.05, 4.69) is 0 Å². The van der Waals surface area contributed by atoms with E-state index < -0.39 is 33.7 Å². The van der Waals surface area contributed by atoms with Crippen molar-refractivity contribution in [1.82, 2.24) is 0 Å². The first-order valence-corrected chi connectivity index (χ1v) is 12.5. The third kappa shape index (κ3) is 6.29. The Kier molecular flexibility index (Phi) is 7.73. The van der Waals surface area contributed by atoms with Gasteiger partial charge in [-0.2, -0.15) is 0 Å². The van der Waals surface area contributed by atoms with E-state index in [9.17, 15) is 0 Å². The molecule has 33 heavy (non-hydrogen) atoms. The second-order valence-corrected chi connectivity index (χ2v) is 11.3. The van der Waals surface area contributed by atoms with Crippen molar-refractivity contribution in [1.29, 1.82) is 0 Å². The molecule has 5 heteroatoms. The third-order valence-electron chi connectivity index (χ3n) is 5.73. The maximum absolute atomic E-state index is 15.1. The Labute approximate surface area is 199 Å². The smallest absolute Gasteiger partial charge is 0.170 e. The summed E-state index contributed by atoms with van der Waals surface area (Å²) in [5.41, 5.74) is -0.927. The Morgan fingerprint density at radius 2 is 1.06 bits per heavy atom. The zero-order valence-electron chi connectivity index (χ0n) is 20.2. The summed E-state index contributed by atoms with van der Waals surface area (Å²) in [4.78, 5) is 2.48. The second-order valence-electron chi connectivity index (χ2n) is 9.23. The molecule has 3 aromatic carbocycles. The zero-order valence-corrected chi connectivity index (χ0v) is 21.1. The SMILES string of the molecule is CCC(C)(C)Oc1ccc([S+](c2ccccc2)c2ccc(OC(C)(C)CC)c(F)c2)cc1F. The number of hydrogen-bond donors (Lipinski definition) is 0. The molecule has 0 aliphatic heterocycles. The van der Waals surface area contributed by atoms with Crippen LogP contribution in [-0.2, 0) is 10.9 Å². The van der Waals surface area contributed by atoms with Crippen molar-refractivity contribution < 1.29 is 18.3 Å². The summed E-state index contributed by atoms with van der Waals surface area (Å²) in [6, 6.07) is 19.8. The highest BCUT2D eigenvalue weighted by molar-refractivity contribution is 7.97. The highest BCUT2D eigenvalue weighted by Gasteiger charge is 2.32. The third-order valence-corrected chi connectivity index (χ3v) is 7.93. The van der Waals surface area contributed by atoms with E-state index in [-0.39, 0.29) is 11.5 Å². The Bertz CT molecular complexity index is 1010. The maximum atomic E-state index is 15.1. The van der Waals surface area contributed by atoms with Gasteiger partial charge in [-0.1, -0.05) is 32.0 Å². The molecule has 0 atom stereocenters. The van der Waals surface area contributed by atoms with Crippen LogP contribution in [0.1, 0.15) is 54.4 Å². The van der Waals surface area contributed by atoms with E-state index in [4.69, 9.17) is 9.47 Å². The van der Waals surface area contributed by atoms with E-state index >= 15 is 8.78 Å². The second kappa shape index (κ2) is 10.2. The van der Waals surface area contributed by atoms with Crippen LogP contribution in [0.15, 0.2) is 81.4 Å². The summed E-state index contributed by atoms with van der Waals surface area (Å²) in [5, 5.41) is 0. The molecule has 0 bridgehead atoms. The molecular weight excluding hydrogens is 438 g/mol. The number of hydrogen-bond acceptors (Lipinski definition) is 2. The van der Waals surface area contributed by atoms with Crippen LogP contribution in [0.3, 0.4) is 0 Å². The van der Waals surface area contributed by atoms with Gasteiger partial charge in [-0.3, -0.25) is 0 Å². The van der Waals surface area contributed by atoms with Crippen molar-refractivity contribution in [2.45, 2.75) is 80.3 Å². The summed E-state index contributed by atoms with van der Waals surface area (Å²) in [5.74, 6) is -0.405. The summed E-state index contributed by atoms with van der Waals surface area (Å²) < 4.78 is 41.9. The molecule has 0 unspecified atom stereocenters. The molecule has 0 N–H and O–H groups in total. The van der Waals surface area contributed by atoms with Gasteiger partial charge in [0, 0.05) is 12.1 Å². The fourth-order valence-electron chi connectivity index (χ4n) is 3.09. The molecule has 0 heterocycles. The largest absolute Gasteiger partial charge is 0.485 e. The van der Waals surface area contributed by atoms with E-state index in [1.165, 1.54) is 12.1 Å². The minimum absolute atomic E-state index is 0.221. The molecule has 0 aliphatic rings. The van der Waals surface area contributed by atoms with Crippen LogP contribution in [0.2, 0.25) is 0 Å². The summed E-state index contributed by atoms with van der Waals surface area (Å²) in [6.07, 6.45) is 1.51. The average molecular weight is 472 g/mol. The van der Waals surface area contributed by atoms with Gasteiger partial charge in [-0.15, -0.1) is 0 Å². The predicted molar refractivity (Wildman–Crippen MR) is 131 cm³/mol. The van der Waals surface area contributed by atoms with Crippen molar-refractivity contribution in [2.24, 2.45) is 0 Å². The normalized spacial score (nSPS) is 12.2. The van der Waals surface area contributed by atoms with Crippen LogP contribution < -0.4 is 9.47 Å². The predicted octanol–water partition coefficient (Wildman–Crippen LogP) is 8.20. The first-order chi connectivity index (χ1) is 15.5. The molecule has 2 nitrogen and oxygen atoms in total. The quantitative estimate of drug-likeness (QED) is 0.293. The molecule has 3 rings (SSSR count). The van der Waals surface area contributed by atoms with Gasteiger partial charge in [0.05, 0.1) is 10.9 Å². The monoisotopic (exact) mass is 471 g/mol. The van der Waals surface area contributed by atoms with Crippen LogP contribution in [0.25, 0.3) is 0 Å². The van der Waals surface area contributed by atoms with E-state index in [1.54, 1.807) is 12.1 Å². The molecule has 0 saturated heterocycles. The van der Waals surface area contributed by atoms with Crippen LogP contribution in [0, 0.1) is 11.6 Å². The topological polar surface area (TPSA) is 18.5 Å². The van der Waals surface area contributed by atoms with Crippen molar-refractivity contribution in [3.8, 4) is 11.5 Å². The van der Waals surface area contributed by atoms with Gasteiger partial charge in [-0.05, 0) is 76.9 Å². The number of benzene rings is 3. The molecule has 0 aromatic heterocycles. The number of rotatable bonds is 9. The lowest BCUT2D eigenvalue weighted by molar-refractivity contribution is 0.0990. The summed E-state index contributed by atoms with van der Waals surface area (Å²) in [7, 11) is -0.693. The molecule has 0 aliphatic carbocycles. The van der Waals surface area contributed by atoms with E-state index in [0.717, 1.165) is 27.5 Å². The van der Waals surface area contributed by atoms with Gasteiger partial charge in [-0.25, -0.2) is 8.78 Å². The van der Waals surface area contributed by atoms with Gasteiger partial charge in [0.15, 0.2) is 37.8 Å². The van der Waals surface area contributed by atoms with Crippen LogP contribution in [0.5, 0.6) is 11.5 Å². The summed E-state index contributed by atoms with van der Waals surface area (Å²) >= 11 is 0. The van der Waals surface area contributed by atoms with E-state index in [1.807, 2.05) is 84.0 Å². The minimum Gasteiger partial charge on any atom is -0.485 e. The Hall–Kier alpha value is -2.53.